The van der Waals surface area contributed by atoms with E-state index in [-0.39, 0.29) is 17.9 Å². The first-order chi connectivity index (χ1) is 11.6. The number of esters is 1. The molecule has 138 valence electrons. The average molecular weight is 354 g/mol. The fraction of sp³-hybridized carbons (Fsp3) is 0.500. The molecule has 1 unspecified atom stereocenters. The second-order valence-electron chi connectivity index (χ2n) is 6.19. The highest BCUT2D eigenvalue weighted by atomic mass is 16.6. The molecular weight excluding hydrogens is 332 g/mol. The first kappa shape index (κ1) is 20.2. The van der Waals surface area contributed by atoms with Crippen LogP contribution >= 0.6 is 0 Å². The maximum absolute atomic E-state index is 11.9. The van der Waals surface area contributed by atoms with Crippen molar-refractivity contribution in [2.75, 3.05) is 14.2 Å². The Labute approximate surface area is 145 Å². The molecule has 25 heavy (non-hydrogen) atoms. The summed E-state index contributed by atoms with van der Waals surface area (Å²) in [4.78, 5) is 34.2. The molecule has 0 heterocycles. The molecule has 0 aliphatic heterocycles. The molecular formula is C16H22N2O7. The van der Waals surface area contributed by atoms with Gasteiger partial charge in [0.2, 0.25) is 0 Å². The second-order valence-corrected chi connectivity index (χ2v) is 6.19. The number of nitro groups is 1. The predicted octanol–water partition coefficient (Wildman–Crippen LogP) is 2.21. The number of rotatable bonds is 6. The van der Waals surface area contributed by atoms with Crippen LogP contribution in [0.2, 0.25) is 0 Å². The Morgan fingerprint density at radius 3 is 2.40 bits per heavy atom. The van der Waals surface area contributed by atoms with Crippen LogP contribution in [0.1, 0.15) is 26.3 Å². The van der Waals surface area contributed by atoms with Gasteiger partial charge in [-0.1, -0.05) is 6.07 Å². The van der Waals surface area contributed by atoms with Crippen LogP contribution in [0, 0.1) is 10.1 Å². The standard InChI is InChI=1S/C16H22N2O7/c1-16(2,3)25-15(20)17-11(14(19)24-5)8-10-6-7-12(18(21)22)13(9-10)23-4/h6-7,9,11H,8H2,1-5H3,(H,17,20). The van der Waals surface area contributed by atoms with Crippen molar-refractivity contribution in [2.45, 2.75) is 38.8 Å². The fourth-order valence-corrected chi connectivity index (χ4v) is 2.02. The molecule has 0 radical (unpaired) electrons. The molecule has 0 fully saturated rings. The van der Waals surface area contributed by atoms with Crippen LogP contribution in [0.25, 0.3) is 0 Å². The molecule has 1 rings (SSSR count). The fourth-order valence-electron chi connectivity index (χ4n) is 2.02. The van der Waals surface area contributed by atoms with Crippen LogP contribution in [-0.4, -0.2) is 42.8 Å². The van der Waals surface area contributed by atoms with Gasteiger partial charge in [-0.05, 0) is 32.4 Å². The van der Waals surface area contributed by atoms with E-state index in [0.29, 0.717) is 5.56 Å². The lowest BCUT2D eigenvalue weighted by Gasteiger charge is -2.22. The van der Waals surface area contributed by atoms with Crippen molar-refractivity contribution < 1.29 is 28.7 Å². The van der Waals surface area contributed by atoms with E-state index < -0.39 is 28.6 Å². The summed E-state index contributed by atoms with van der Waals surface area (Å²) in [5, 5.41) is 13.4. The lowest BCUT2D eigenvalue weighted by atomic mass is 10.0. The number of hydrogen-bond donors (Lipinski definition) is 1. The number of nitro benzene ring substituents is 1. The zero-order chi connectivity index (χ0) is 19.2. The number of methoxy groups -OCH3 is 2. The SMILES string of the molecule is COC(=O)C(Cc1ccc([N+](=O)[O-])c(OC)c1)NC(=O)OC(C)(C)C. The molecule has 0 aromatic heterocycles. The smallest absolute Gasteiger partial charge is 0.408 e. The Bertz CT molecular complexity index is 652. The Morgan fingerprint density at radius 1 is 1.28 bits per heavy atom. The summed E-state index contributed by atoms with van der Waals surface area (Å²) in [6.45, 7) is 5.09. The van der Waals surface area contributed by atoms with Gasteiger partial charge in [-0.25, -0.2) is 9.59 Å². The van der Waals surface area contributed by atoms with Gasteiger partial charge in [-0.2, -0.15) is 0 Å². The highest BCUT2D eigenvalue weighted by molar-refractivity contribution is 5.81. The van der Waals surface area contributed by atoms with Crippen LogP contribution in [0.5, 0.6) is 5.75 Å². The van der Waals surface area contributed by atoms with Crippen LogP contribution in [0.15, 0.2) is 18.2 Å². The number of carbonyl (C=O) groups excluding carboxylic acids is 2. The lowest BCUT2D eigenvalue weighted by molar-refractivity contribution is -0.385. The van der Waals surface area contributed by atoms with Crippen LogP contribution < -0.4 is 10.1 Å². The Hall–Kier alpha value is -2.84. The highest BCUT2D eigenvalue weighted by Gasteiger charge is 2.26. The van der Waals surface area contributed by atoms with E-state index in [4.69, 9.17) is 9.47 Å². The van der Waals surface area contributed by atoms with Crippen molar-refractivity contribution in [3.8, 4) is 5.75 Å². The van der Waals surface area contributed by atoms with Crippen molar-refractivity contribution in [3.05, 3.63) is 33.9 Å². The highest BCUT2D eigenvalue weighted by Crippen LogP contribution is 2.28. The number of nitrogens with zero attached hydrogens (tertiary/aromatic N) is 1. The van der Waals surface area contributed by atoms with E-state index in [1.54, 1.807) is 20.8 Å². The summed E-state index contributed by atoms with van der Waals surface area (Å²) in [7, 11) is 2.51. The van der Waals surface area contributed by atoms with Crippen LogP contribution in [-0.2, 0) is 20.7 Å². The summed E-state index contributed by atoms with van der Waals surface area (Å²) in [6, 6.07) is 3.18. The van der Waals surface area contributed by atoms with E-state index in [1.165, 1.54) is 32.4 Å². The topological polar surface area (TPSA) is 117 Å². The zero-order valence-corrected chi connectivity index (χ0v) is 14.8. The first-order valence-electron chi connectivity index (χ1n) is 7.46. The third-order valence-corrected chi connectivity index (χ3v) is 3.06. The maximum atomic E-state index is 11.9. The molecule has 1 aromatic carbocycles. The summed E-state index contributed by atoms with van der Waals surface area (Å²) in [6.07, 6.45) is -0.711. The Kier molecular flexibility index (Phi) is 6.72. The molecule has 9 heteroatoms. The average Bonchev–Trinajstić information content (AvgIpc) is 2.51. The molecule has 0 aliphatic rings. The number of carbonyl (C=O) groups is 2. The van der Waals surface area contributed by atoms with Gasteiger partial charge in [0.05, 0.1) is 19.1 Å². The number of amides is 1. The zero-order valence-electron chi connectivity index (χ0n) is 14.8. The number of ether oxygens (including phenoxy) is 3. The quantitative estimate of drug-likeness (QED) is 0.473. The normalized spacial score (nSPS) is 12.0. The molecule has 0 bridgehead atoms. The third kappa shape index (κ3) is 6.28. The second kappa shape index (κ2) is 8.32. The molecule has 1 atom stereocenters. The molecule has 1 amide bonds. The summed E-state index contributed by atoms with van der Waals surface area (Å²) in [5.74, 6) is -0.605. The van der Waals surface area contributed by atoms with Gasteiger partial charge in [0.15, 0.2) is 5.75 Å². The predicted molar refractivity (Wildman–Crippen MR) is 88.5 cm³/mol. The lowest BCUT2D eigenvalue weighted by Crippen LogP contribution is -2.45. The molecule has 1 aromatic rings. The molecule has 0 spiro atoms. The monoisotopic (exact) mass is 354 g/mol. The number of benzene rings is 1. The molecule has 0 saturated heterocycles. The van der Waals surface area contributed by atoms with E-state index in [0.717, 1.165) is 0 Å². The van der Waals surface area contributed by atoms with E-state index >= 15 is 0 Å². The molecule has 0 saturated carbocycles. The summed E-state index contributed by atoms with van der Waals surface area (Å²) < 4.78 is 14.8. The summed E-state index contributed by atoms with van der Waals surface area (Å²) in [5.41, 5.74) is -0.365. The van der Waals surface area contributed by atoms with E-state index in [2.05, 4.69) is 10.1 Å². The Morgan fingerprint density at radius 2 is 1.92 bits per heavy atom. The van der Waals surface area contributed by atoms with Gasteiger partial charge in [0.25, 0.3) is 0 Å². The minimum absolute atomic E-state index is 0.0558. The maximum Gasteiger partial charge on any atom is 0.408 e. The number of nitrogens with one attached hydrogen (secondary N) is 1. The van der Waals surface area contributed by atoms with E-state index in [1.807, 2.05) is 0 Å². The molecule has 1 N–H and O–H groups in total. The van der Waals surface area contributed by atoms with Crippen LogP contribution in [0.4, 0.5) is 10.5 Å². The number of alkyl carbamates (subject to hydrolysis) is 1. The van der Waals surface area contributed by atoms with Crippen molar-refractivity contribution in [2.24, 2.45) is 0 Å². The first-order valence-corrected chi connectivity index (χ1v) is 7.46. The van der Waals surface area contributed by atoms with Crippen molar-refractivity contribution in [3.63, 3.8) is 0 Å². The number of hydrogen-bond acceptors (Lipinski definition) is 7. The minimum Gasteiger partial charge on any atom is -0.490 e. The van der Waals surface area contributed by atoms with Gasteiger partial charge in [-0.3, -0.25) is 10.1 Å². The van der Waals surface area contributed by atoms with Crippen molar-refractivity contribution in [1.29, 1.82) is 0 Å². The van der Waals surface area contributed by atoms with Crippen molar-refractivity contribution in [1.82, 2.24) is 5.32 Å². The largest absolute Gasteiger partial charge is 0.490 e. The summed E-state index contributed by atoms with van der Waals surface area (Å²) >= 11 is 0. The minimum atomic E-state index is -1.01. The third-order valence-electron chi connectivity index (χ3n) is 3.06. The van der Waals surface area contributed by atoms with Gasteiger partial charge < -0.3 is 19.5 Å². The van der Waals surface area contributed by atoms with Gasteiger partial charge in [0.1, 0.15) is 11.6 Å². The molecule has 9 nitrogen and oxygen atoms in total. The van der Waals surface area contributed by atoms with Gasteiger partial charge in [0, 0.05) is 12.5 Å². The Balaban J connectivity index is 2.97. The van der Waals surface area contributed by atoms with Crippen molar-refractivity contribution >= 4 is 17.7 Å². The molecule has 0 aliphatic carbocycles. The van der Waals surface area contributed by atoms with Gasteiger partial charge >= 0.3 is 17.7 Å². The van der Waals surface area contributed by atoms with Crippen LogP contribution in [0.3, 0.4) is 0 Å². The van der Waals surface area contributed by atoms with Gasteiger partial charge in [-0.15, -0.1) is 0 Å². The van der Waals surface area contributed by atoms with E-state index in [9.17, 15) is 19.7 Å².